The van der Waals surface area contributed by atoms with E-state index in [0.29, 0.717) is 26.1 Å². The number of benzene rings is 2. The summed E-state index contributed by atoms with van der Waals surface area (Å²) in [4.78, 5) is 54.5. The van der Waals surface area contributed by atoms with Gasteiger partial charge >= 0.3 is 0 Å². The molecule has 2 aliphatic heterocycles. The Bertz CT molecular complexity index is 1880. The quantitative estimate of drug-likeness (QED) is 0.0456. The van der Waals surface area contributed by atoms with Crippen LogP contribution >= 0.6 is 0 Å². The van der Waals surface area contributed by atoms with Gasteiger partial charge in [-0.15, -0.1) is 0 Å². The predicted octanol–water partition coefficient (Wildman–Crippen LogP) is 8.95. The molecule has 4 rings (SSSR count). The van der Waals surface area contributed by atoms with Crippen LogP contribution in [0.25, 0.3) is 0 Å². The maximum absolute atomic E-state index is 14.0. The first kappa shape index (κ1) is 48.9. The number of nitrogens with zero attached hydrogens (tertiary/aromatic N) is 4. The molecule has 0 bridgehead atoms. The molecule has 0 saturated carbocycles. The molecule has 0 radical (unpaired) electrons. The second kappa shape index (κ2) is 19.1. The van der Waals surface area contributed by atoms with Gasteiger partial charge in [0.05, 0.1) is 74.7 Å². The van der Waals surface area contributed by atoms with Gasteiger partial charge < -0.3 is 37.6 Å². The van der Waals surface area contributed by atoms with Crippen LogP contribution in [0.1, 0.15) is 81.5 Å². The van der Waals surface area contributed by atoms with Gasteiger partial charge in [-0.25, -0.2) is 0 Å². The van der Waals surface area contributed by atoms with Crippen LogP contribution in [0.15, 0.2) is 48.6 Å². The van der Waals surface area contributed by atoms with Crippen LogP contribution in [0.2, 0.25) is 36.3 Å². The van der Waals surface area contributed by atoms with Crippen LogP contribution in [-0.2, 0) is 8.85 Å². The summed E-state index contributed by atoms with van der Waals surface area (Å²) < 4.78 is 35.7. The van der Waals surface area contributed by atoms with Crippen LogP contribution < -0.4 is 18.9 Å². The Morgan fingerprint density at radius 2 is 1.02 bits per heavy atom. The molecule has 2 atom stereocenters. The third-order valence-electron chi connectivity index (χ3n) is 12.3. The molecule has 2 aliphatic rings. The number of nitro benzene ring substituents is 2. The summed E-state index contributed by atoms with van der Waals surface area (Å²) in [6, 6.07) is 4.30. The van der Waals surface area contributed by atoms with Crippen molar-refractivity contribution in [2.75, 3.05) is 53.7 Å². The summed E-state index contributed by atoms with van der Waals surface area (Å²) in [5.41, 5.74) is 0.470. The number of carbonyl (C=O) groups excluding carboxylic acids is 2. The van der Waals surface area contributed by atoms with E-state index in [9.17, 15) is 29.8 Å². The maximum Gasteiger partial charge on any atom is 0.286 e. The molecule has 2 amide bonds. The van der Waals surface area contributed by atoms with E-state index in [-0.39, 0.29) is 89.0 Å². The summed E-state index contributed by atoms with van der Waals surface area (Å²) in [5.74, 6) is -0.745. The molecule has 0 aromatic heterocycles. The molecule has 2 fully saturated rings. The number of amides is 2. The molecule has 2 saturated heterocycles. The molecule has 0 N–H and O–H groups in total. The molecule has 0 aliphatic carbocycles. The van der Waals surface area contributed by atoms with E-state index < -0.39 is 49.7 Å². The van der Waals surface area contributed by atoms with Crippen LogP contribution in [0.3, 0.4) is 0 Å². The van der Waals surface area contributed by atoms with E-state index in [1.807, 2.05) is 0 Å². The lowest BCUT2D eigenvalue weighted by Gasteiger charge is -2.38. The number of nitro groups is 2. The van der Waals surface area contributed by atoms with Crippen molar-refractivity contribution in [2.45, 2.75) is 109 Å². The number of carbonyl (C=O) groups is 2. The number of rotatable bonds is 18. The van der Waals surface area contributed by atoms with E-state index in [1.54, 1.807) is 9.80 Å². The van der Waals surface area contributed by atoms with Gasteiger partial charge in [0.25, 0.3) is 23.2 Å². The summed E-state index contributed by atoms with van der Waals surface area (Å²) in [6.45, 7) is 30.5. The van der Waals surface area contributed by atoms with E-state index in [4.69, 9.17) is 27.8 Å². The second-order valence-electron chi connectivity index (χ2n) is 18.8. The zero-order chi connectivity index (χ0) is 45.8. The van der Waals surface area contributed by atoms with Crippen LogP contribution in [-0.4, -0.2) is 114 Å². The van der Waals surface area contributed by atoms with Gasteiger partial charge in [0.2, 0.25) is 0 Å². The molecular formula is C43H64N4O12Si2. The lowest BCUT2D eigenvalue weighted by molar-refractivity contribution is -0.385. The summed E-state index contributed by atoms with van der Waals surface area (Å²) in [6.07, 6.45) is 1.28. The lowest BCUT2D eigenvalue weighted by atomic mass is 10.1. The molecule has 2 aromatic rings. The van der Waals surface area contributed by atoms with E-state index in [0.717, 1.165) is 11.1 Å². The SMILES string of the molecule is C=C1C[C@@H](CO[Si](C)(C)C(C)(C)C)N(C(=O)c2cc(OC)c(OCCCOc3cc([N+](=O)[O-])c(C(=O)N4CC(=C)C[C@H]4CO[Si](C)(C)C(C)(C)C)cc3OC)cc2[N+](=O)[O-])C1. The van der Waals surface area contributed by atoms with Crippen LogP contribution in [0.4, 0.5) is 11.4 Å². The first-order valence-corrected chi connectivity index (χ1v) is 26.3. The van der Waals surface area contributed by atoms with Crippen molar-refractivity contribution in [3.63, 3.8) is 0 Å². The Balaban J connectivity index is 1.46. The van der Waals surface area contributed by atoms with Gasteiger partial charge in [-0.3, -0.25) is 29.8 Å². The molecule has 0 unspecified atom stereocenters. The Kier molecular flexibility index (Phi) is 15.3. The van der Waals surface area contributed by atoms with E-state index >= 15 is 0 Å². The van der Waals surface area contributed by atoms with Gasteiger partial charge in [-0.1, -0.05) is 65.8 Å². The van der Waals surface area contributed by atoms with Gasteiger partial charge in [-0.2, -0.15) is 0 Å². The molecule has 2 heterocycles. The molecular weight excluding hydrogens is 821 g/mol. The minimum absolute atomic E-state index is 0.00220. The van der Waals surface area contributed by atoms with Gasteiger partial charge in [0.1, 0.15) is 11.1 Å². The summed E-state index contributed by atoms with van der Waals surface area (Å²) in [7, 11) is -1.54. The van der Waals surface area contributed by atoms with Crippen molar-refractivity contribution in [2.24, 2.45) is 0 Å². The van der Waals surface area contributed by atoms with Crippen molar-refractivity contribution in [1.82, 2.24) is 9.80 Å². The summed E-state index contributed by atoms with van der Waals surface area (Å²) in [5, 5.41) is 24.6. The smallest absolute Gasteiger partial charge is 0.286 e. The number of likely N-dealkylation sites (tertiary alicyclic amines) is 2. The predicted molar refractivity (Wildman–Crippen MR) is 238 cm³/mol. The highest BCUT2D eigenvalue weighted by Crippen LogP contribution is 2.41. The van der Waals surface area contributed by atoms with E-state index in [1.165, 1.54) is 38.5 Å². The molecule has 18 heteroatoms. The molecule has 61 heavy (non-hydrogen) atoms. The zero-order valence-electron chi connectivity index (χ0n) is 37.9. The second-order valence-corrected chi connectivity index (χ2v) is 28.4. The third-order valence-corrected chi connectivity index (χ3v) is 21.3. The Morgan fingerprint density at radius 1 is 0.672 bits per heavy atom. The highest BCUT2D eigenvalue weighted by atomic mass is 28.4. The van der Waals surface area contributed by atoms with Crippen molar-refractivity contribution < 1.29 is 47.2 Å². The maximum atomic E-state index is 14.0. The molecule has 16 nitrogen and oxygen atoms in total. The minimum atomic E-state index is -2.14. The average molecular weight is 885 g/mol. The average Bonchev–Trinajstić information content (AvgIpc) is 3.74. The Labute approximate surface area is 361 Å². The van der Waals surface area contributed by atoms with Gasteiger partial charge in [0.15, 0.2) is 39.6 Å². The monoisotopic (exact) mass is 884 g/mol. The van der Waals surface area contributed by atoms with Crippen molar-refractivity contribution in [3.05, 3.63) is 79.9 Å². The topological polar surface area (TPSA) is 182 Å². The number of hydrogen-bond donors (Lipinski definition) is 0. The Hall–Kier alpha value is -4.79. The molecule has 2 aromatic carbocycles. The largest absolute Gasteiger partial charge is 0.493 e. The molecule has 336 valence electrons. The first-order valence-electron chi connectivity index (χ1n) is 20.4. The van der Waals surface area contributed by atoms with Crippen LogP contribution in [0.5, 0.6) is 23.0 Å². The number of methoxy groups -OCH3 is 2. The Morgan fingerprint density at radius 3 is 1.31 bits per heavy atom. The first-order chi connectivity index (χ1) is 28.2. The summed E-state index contributed by atoms with van der Waals surface area (Å²) >= 11 is 0. The number of hydrogen-bond acceptors (Lipinski definition) is 12. The fraction of sp³-hybridized carbons (Fsp3) is 0.581. The van der Waals surface area contributed by atoms with Gasteiger partial charge in [0, 0.05) is 31.6 Å². The highest BCUT2D eigenvalue weighted by molar-refractivity contribution is 6.74. The highest BCUT2D eigenvalue weighted by Gasteiger charge is 2.42. The van der Waals surface area contributed by atoms with Crippen molar-refractivity contribution >= 4 is 39.8 Å². The lowest BCUT2D eigenvalue weighted by Crippen LogP contribution is -2.46. The standard InChI is InChI=1S/C43H64N4O12Si2/c1-28-18-30(26-58-60(11,12)42(3,4)5)44(24-28)40(48)32-20-36(54-9)38(22-34(32)46(50)51)56-16-15-17-57-39-23-35(47(52)53)33(21-37(39)55-10)41(49)45-25-29(2)19-31(45)27-59-61(13,14)43(6,7)8/h20-23,30-31H,1-2,15-19,24-27H2,3-14H3/t30-,31-/m0/s1. The van der Waals surface area contributed by atoms with Crippen molar-refractivity contribution in [3.8, 4) is 23.0 Å². The zero-order valence-corrected chi connectivity index (χ0v) is 39.9. The number of ether oxygens (including phenoxy) is 4. The van der Waals surface area contributed by atoms with Gasteiger partial charge in [-0.05, 0) is 49.1 Å². The van der Waals surface area contributed by atoms with E-state index in [2.05, 4.69) is 80.9 Å². The van der Waals surface area contributed by atoms with Crippen molar-refractivity contribution in [1.29, 1.82) is 0 Å². The minimum Gasteiger partial charge on any atom is -0.493 e. The third kappa shape index (κ3) is 11.4. The molecule has 0 spiro atoms. The van der Waals surface area contributed by atoms with Crippen LogP contribution in [0, 0.1) is 20.2 Å². The normalized spacial score (nSPS) is 17.4. The fourth-order valence-corrected chi connectivity index (χ4v) is 8.68. The fourth-order valence-electron chi connectivity index (χ4n) is 6.59.